The van der Waals surface area contributed by atoms with Crippen molar-refractivity contribution in [3.05, 3.63) is 170 Å². The fourth-order valence-corrected chi connectivity index (χ4v) is 5.83. The van der Waals surface area contributed by atoms with Crippen molar-refractivity contribution >= 4 is 28.0 Å². The second-order valence-electron chi connectivity index (χ2n) is 9.66. The van der Waals surface area contributed by atoms with E-state index in [1.54, 1.807) is 0 Å². The van der Waals surface area contributed by atoms with Crippen LogP contribution >= 0.6 is 0 Å². The molecule has 0 N–H and O–H groups in total. The average molecular weight is 471 g/mol. The number of benzene rings is 6. The molecule has 0 fully saturated rings. The summed E-state index contributed by atoms with van der Waals surface area (Å²) in [4.78, 5) is 0. The third-order valence-electron chi connectivity index (χ3n) is 7.63. The van der Waals surface area contributed by atoms with Gasteiger partial charge in [-0.1, -0.05) is 170 Å². The molecule has 0 aliphatic carbocycles. The van der Waals surface area contributed by atoms with Crippen LogP contribution in [0.3, 0.4) is 0 Å². The Kier molecular flexibility index (Phi) is 6.27. The Labute approximate surface area is 219 Å². The minimum atomic E-state index is -1.39. The molecule has 1 heteroatoms. The van der Waals surface area contributed by atoms with E-state index in [0.29, 0.717) is 0 Å². The Hall–Kier alpha value is -4.62. The highest BCUT2D eigenvalue weighted by Crippen LogP contribution is 2.21. The van der Waals surface area contributed by atoms with Gasteiger partial charge in [0.15, 0.2) is 0 Å². The maximum atomic E-state index is 2.33. The van der Waals surface area contributed by atoms with Crippen molar-refractivity contribution in [1.29, 1.82) is 0 Å². The molecular weight excluding hydrogens is 443 g/mol. The minimum absolute atomic E-state index is 1.23. The molecule has 0 nitrogen and oxygen atoms in total. The largest absolute Gasteiger partial charge is 0.195 e. The summed E-state index contributed by atoms with van der Waals surface area (Å²) in [5.74, 6) is 0. The van der Waals surface area contributed by atoms with E-state index in [4.69, 9.17) is 0 Å². The molecule has 0 saturated heterocycles. The Morgan fingerprint density at radius 2 is 0.459 bits per heavy atom. The molecule has 0 aromatic heterocycles. The normalized spacial score (nSPS) is 11.2. The van der Waals surface area contributed by atoms with Crippen molar-refractivity contribution in [1.82, 2.24) is 0 Å². The predicted molar refractivity (Wildman–Crippen MR) is 161 cm³/mol. The van der Waals surface area contributed by atoms with Gasteiger partial charge in [0.25, 0.3) is 0 Å². The fraction of sp³-hybridized carbons (Fsp3) is 0. The van der Waals surface area contributed by atoms with E-state index in [2.05, 4.69) is 170 Å². The molecule has 0 saturated carbocycles. The van der Waals surface area contributed by atoms with Crippen molar-refractivity contribution in [3.8, 4) is 22.3 Å². The van der Waals surface area contributed by atoms with Gasteiger partial charge in [-0.05, 0) is 22.3 Å². The van der Waals surface area contributed by atoms with Crippen molar-refractivity contribution in [2.45, 2.75) is 0 Å². The van der Waals surface area contributed by atoms with Crippen LogP contribution in [-0.2, 0) is 0 Å². The molecule has 0 heterocycles. The topological polar surface area (TPSA) is 0 Å². The molecule has 0 bridgehead atoms. The lowest BCUT2D eigenvalue weighted by Gasteiger charge is -2.44. The van der Waals surface area contributed by atoms with Crippen molar-refractivity contribution in [2.75, 3.05) is 0 Å². The molecule has 37 heavy (non-hydrogen) atoms. The summed E-state index contributed by atoms with van der Waals surface area (Å²) in [5, 5.41) is 0. The lowest BCUT2D eigenvalue weighted by Crippen LogP contribution is -2.74. The monoisotopic (exact) mass is 471 g/mol. The maximum absolute atomic E-state index is 2.33. The summed E-state index contributed by atoms with van der Waals surface area (Å²) < 4.78 is 0. The highest BCUT2D eigenvalue weighted by molar-refractivity contribution is 7.19. The van der Waals surface area contributed by atoms with E-state index in [1.807, 2.05) is 0 Å². The number of rotatable bonds is 6. The highest BCUT2D eigenvalue weighted by Gasteiger charge is 2.31. The minimum Gasteiger partial charge on any atom is -0.195 e. The van der Waals surface area contributed by atoms with Gasteiger partial charge in [-0.25, -0.2) is 0 Å². The zero-order valence-electron chi connectivity index (χ0n) is 20.7. The summed E-state index contributed by atoms with van der Waals surface area (Å²) >= 11 is 0. The van der Waals surface area contributed by atoms with Crippen LogP contribution in [0, 0.1) is 0 Å². The highest BCUT2D eigenvalue weighted by atomic mass is 14.1. The van der Waals surface area contributed by atoms with Crippen molar-refractivity contribution in [2.24, 2.45) is 0 Å². The lowest BCUT2D eigenvalue weighted by molar-refractivity contribution is 1.61. The summed E-state index contributed by atoms with van der Waals surface area (Å²) in [6, 6.07) is 61.5. The van der Waals surface area contributed by atoms with Crippen LogP contribution in [0.2, 0.25) is 0 Å². The van der Waals surface area contributed by atoms with Crippen LogP contribution < -0.4 is 21.9 Å². The SMILES string of the molecule is c1ccc(-c2ccc([B-](c3ccccc3)(c3ccccc3)c3ccc(-c4ccccc4)cc3)cc2)cc1. The van der Waals surface area contributed by atoms with Gasteiger partial charge in [-0.2, -0.15) is 21.9 Å². The number of hydrogen-bond donors (Lipinski definition) is 0. The summed E-state index contributed by atoms with van der Waals surface area (Å²) in [5.41, 5.74) is 10.2. The Bertz CT molecular complexity index is 1430. The van der Waals surface area contributed by atoms with Gasteiger partial charge in [0, 0.05) is 0 Å². The number of hydrogen-bond acceptors (Lipinski definition) is 0. The smallest absolute Gasteiger partial charge is 0.108 e. The van der Waals surface area contributed by atoms with Gasteiger partial charge in [-0.15, -0.1) is 0 Å². The van der Waals surface area contributed by atoms with Crippen LogP contribution in [0.4, 0.5) is 0 Å². The second kappa shape index (κ2) is 10.2. The van der Waals surface area contributed by atoms with Gasteiger partial charge in [0.05, 0.1) is 0 Å². The van der Waals surface area contributed by atoms with Crippen molar-refractivity contribution < 1.29 is 0 Å². The van der Waals surface area contributed by atoms with Crippen LogP contribution in [0.15, 0.2) is 170 Å². The first-order valence-electron chi connectivity index (χ1n) is 12.9. The molecule has 176 valence electrons. The van der Waals surface area contributed by atoms with E-state index in [0.717, 1.165) is 0 Å². The van der Waals surface area contributed by atoms with E-state index in [-0.39, 0.29) is 0 Å². The van der Waals surface area contributed by atoms with Crippen LogP contribution in [0.1, 0.15) is 0 Å². The third kappa shape index (κ3) is 4.30. The first-order chi connectivity index (χ1) is 18.4. The van der Waals surface area contributed by atoms with Crippen LogP contribution in [0.25, 0.3) is 22.3 Å². The average Bonchev–Trinajstić information content (AvgIpc) is 3.00. The van der Waals surface area contributed by atoms with Gasteiger partial charge in [0.1, 0.15) is 6.15 Å². The first-order valence-corrected chi connectivity index (χ1v) is 12.9. The summed E-state index contributed by atoms with van der Waals surface area (Å²) in [6.45, 7) is 0. The quantitative estimate of drug-likeness (QED) is 0.247. The van der Waals surface area contributed by atoms with E-state index in [1.165, 1.54) is 44.1 Å². The Balaban J connectivity index is 1.57. The zero-order valence-corrected chi connectivity index (χ0v) is 20.7. The van der Waals surface area contributed by atoms with Gasteiger partial charge in [-0.3, -0.25) is 0 Å². The summed E-state index contributed by atoms with van der Waals surface area (Å²) in [7, 11) is 0. The fourth-order valence-electron chi connectivity index (χ4n) is 5.83. The molecule has 6 rings (SSSR count). The van der Waals surface area contributed by atoms with Crippen LogP contribution in [0.5, 0.6) is 0 Å². The molecule has 0 unspecified atom stereocenters. The van der Waals surface area contributed by atoms with E-state index >= 15 is 0 Å². The first kappa shape index (κ1) is 22.8. The molecule has 6 aromatic carbocycles. The van der Waals surface area contributed by atoms with E-state index < -0.39 is 6.15 Å². The van der Waals surface area contributed by atoms with Gasteiger partial charge >= 0.3 is 0 Å². The second-order valence-corrected chi connectivity index (χ2v) is 9.66. The van der Waals surface area contributed by atoms with Gasteiger partial charge < -0.3 is 0 Å². The third-order valence-corrected chi connectivity index (χ3v) is 7.63. The molecule has 0 spiro atoms. The van der Waals surface area contributed by atoms with Crippen LogP contribution in [-0.4, -0.2) is 6.15 Å². The standard InChI is InChI=1S/C36H28B/c1-5-13-29(14-6-1)31-21-25-35(26-22-31)37(33-17-9-3-10-18-33,34-19-11-4-12-20-34)36-27-23-32(24-28-36)30-15-7-2-8-16-30/h1-28H/q-1. The van der Waals surface area contributed by atoms with Gasteiger partial charge in [0.2, 0.25) is 0 Å². The van der Waals surface area contributed by atoms with E-state index in [9.17, 15) is 0 Å². The van der Waals surface area contributed by atoms with Crippen molar-refractivity contribution in [3.63, 3.8) is 0 Å². The lowest BCUT2D eigenvalue weighted by atomic mass is 9.13. The molecular formula is C36H28B-. The summed E-state index contributed by atoms with van der Waals surface area (Å²) in [6.07, 6.45) is -1.39. The molecule has 6 aromatic rings. The molecule has 0 radical (unpaired) electrons. The molecule has 0 amide bonds. The molecule has 0 aliphatic rings. The predicted octanol–water partition coefficient (Wildman–Crippen LogP) is 6.40. The molecule has 0 aliphatic heterocycles. The zero-order chi connectivity index (χ0) is 24.9. The maximum Gasteiger partial charge on any atom is 0.108 e. The molecule has 0 atom stereocenters. The Morgan fingerprint density at radius 3 is 0.784 bits per heavy atom. The Morgan fingerprint density at radius 1 is 0.216 bits per heavy atom.